The Morgan fingerprint density at radius 1 is 0.561 bits per heavy atom. The van der Waals surface area contributed by atoms with Gasteiger partial charge in [0, 0.05) is 23.0 Å². The second-order valence-electron chi connectivity index (χ2n) is 18.7. The molecule has 0 bridgehead atoms. The summed E-state index contributed by atoms with van der Waals surface area (Å²) in [7, 11) is 0. The molecule has 0 spiro atoms. The summed E-state index contributed by atoms with van der Waals surface area (Å²) in [5, 5.41) is 14.6. The van der Waals surface area contributed by atoms with E-state index in [0.29, 0.717) is 11.4 Å². The van der Waals surface area contributed by atoms with Crippen molar-refractivity contribution in [2.75, 3.05) is 0 Å². The number of phenolic OH excluding ortho intramolecular Hbond substituents is 1. The number of hydrogen-bond donors (Lipinski definition) is 1. The summed E-state index contributed by atoms with van der Waals surface area (Å²) in [6.45, 7) is 22.3. The Morgan fingerprint density at radius 3 is 1.95 bits per heavy atom. The van der Waals surface area contributed by atoms with E-state index in [1.54, 1.807) is 0 Å². The summed E-state index contributed by atoms with van der Waals surface area (Å²) in [6.07, 6.45) is 1.86. The van der Waals surface area contributed by atoms with Gasteiger partial charge in [0.05, 0.1) is 22.3 Å². The van der Waals surface area contributed by atoms with Crippen LogP contribution in [0.4, 0.5) is 0 Å². The first-order valence-corrected chi connectivity index (χ1v) is 20.0. The Hall–Kier alpha value is -6.00. The number of para-hydroxylation sites is 1. The topological polar surface area (TPSA) is 50.9 Å². The maximum atomic E-state index is 12.2. The first-order valence-electron chi connectivity index (χ1n) is 20.0. The molecule has 57 heavy (non-hydrogen) atoms. The van der Waals surface area contributed by atoms with Crippen LogP contribution in [0.2, 0.25) is 0 Å². The molecule has 8 rings (SSSR count). The monoisotopic (exact) mass is 747 g/mol. The van der Waals surface area contributed by atoms with Crippen molar-refractivity contribution in [1.29, 1.82) is 0 Å². The second kappa shape index (κ2) is 13.9. The van der Waals surface area contributed by atoms with E-state index in [9.17, 15) is 5.11 Å². The molecule has 4 nitrogen and oxygen atoms in total. The highest BCUT2D eigenvalue weighted by Crippen LogP contribution is 2.44. The molecule has 8 aromatic rings. The van der Waals surface area contributed by atoms with Crippen LogP contribution in [0.25, 0.3) is 72.4 Å². The molecule has 2 aromatic heterocycles. The molecule has 0 aliphatic carbocycles. The van der Waals surface area contributed by atoms with Gasteiger partial charge >= 0.3 is 0 Å². The van der Waals surface area contributed by atoms with Crippen molar-refractivity contribution in [3.8, 4) is 56.3 Å². The van der Waals surface area contributed by atoms with Gasteiger partial charge in [-0.3, -0.25) is 9.55 Å². The van der Waals surface area contributed by atoms with Crippen molar-refractivity contribution >= 4 is 21.8 Å². The van der Waals surface area contributed by atoms with E-state index in [2.05, 4.69) is 188 Å². The zero-order chi connectivity index (χ0) is 40.4. The molecule has 0 fully saturated rings. The molecule has 4 heteroatoms. The number of fused-ring (bicyclic) bond motifs is 2. The van der Waals surface area contributed by atoms with Gasteiger partial charge in [-0.15, -0.1) is 0 Å². The number of nitrogens with zero attached hydrogens (tertiary/aromatic N) is 3. The second-order valence-corrected chi connectivity index (χ2v) is 18.7. The molecule has 286 valence electrons. The van der Waals surface area contributed by atoms with Gasteiger partial charge in [0.15, 0.2) is 0 Å². The van der Waals surface area contributed by atoms with Crippen LogP contribution in [0, 0.1) is 6.92 Å². The third kappa shape index (κ3) is 7.14. The molecule has 0 atom stereocenters. The van der Waals surface area contributed by atoms with Crippen LogP contribution >= 0.6 is 0 Å². The summed E-state index contributed by atoms with van der Waals surface area (Å²) >= 11 is 0. The number of benzene rings is 6. The predicted octanol–water partition coefficient (Wildman–Crippen LogP) is 14.1. The van der Waals surface area contributed by atoms with Crippen molar-refractivity contribution in [3.63, 3.8) is 0 Å². The third-order valence-corrected chi connectivity index (χ3v) is 11.3. The molecule has 2 heterocycles. The maximum absolute atomic E-state index is 12.2. The molecule has 0 radical (unpaired) electrons. The third-order valence-electron chi connectivity index (χ3n) is 11.3. The van der Waals surface area contributed by atoms with E-state index in [4.69, 9.17) is 4.98 Å². The molecule has 6 aromatic carbocycles. The number of hydrogen-bond acceptors (Lipinski definition) is 3. The van der Waals surface area contributed by atoms with Crippen LogP contribution in [0.3, 0.4) is 0 Å². The fraction of sp³-hybridized carbons (Fsp3) is 0.245. The van der Waals surface area contributed by atoms with E-state index in [-0.39, 0.29) is 22.0 Å². The SMILES string of the molecule is Cc1ccnc(-c2cccc(-c3cccc4c3nc(-c3ccc(-c5c(C(C)(C)C)ccc6cc(C(C)(C)C)ccc56)cc3O)n4-c3ccc(C(C)(C)C)cc3)c2)c1. The van der Waals surface area contributed by atoms with Crippen molar-refractivity contribution in [3.05, 3.63) is 156 Å². The number of aromatic nitrogens is 3. The largest absolute Gasteiger partial charge is 0.507 e. The van der Waals surface area contributed by atoms with Gasteiger partial charge in [0.1, 0.15) is 11.6 Å². The number of rotatable bonds is 5. The molecule has 0 aliphatic rings. The molecular formula is C53H53N3O. The van der Waals surface area contributed by atoms with Gasteiger partial charge in [-0.1, -0.05) is 141 Å². The number of imidazole rings is 1. The summed E-state index contributed by atoms with van der Waals surface area (Å²) in [5.74, 6) is 0.873. The number of pyridine rings is 1. The summed E-state index contributed by atoms with van der Waals surface area (Å²) in [6, 6.07) is 45.3. The number of aromatic hydroxyl groups is 1. The average Bonchev–Trinajstić information content (AvgIpc) is 3.55. The molecule has 0 amide bonds. The lowest BCUT2D eigenvalue weighted by Crippen LogP contribution is -2.14. The quantitative estimate of drug-likeness (QED) is 0.191. The van der Waals surface area contributed by atoms with E-state index >= 15 is 0 Å². The zero-order valence-electron chi connectivity index (χ0n) is 35.0. The fourth-order valence-electron chi connectivity index (χ4n) is 8.03. The van der Waals surface area contributed by atoms with E-state index in [1.807, 2.05) is 24.4 Å². The standard InChI is InChI=1S/C53H53N3O/c1-33-27-28-54-45(29-33)36-14-11-13-34(30-36)42-15-12-16-46-49(42)55-50(56(46)40-22-19-38(20-23-40)51(2,3)4)43-24-17-37(32-47(43)57)48-41-25-21-39(52(5,6)7)31-35(41)18-26-44(48)53(8,9)10/h11-32,57H,1-10H3. The molecule has 0 saturated heterocycles. The number of aryl methyl sites for hydroxylation is 1. The lowest BCUT2D eigenvalue weighted by Gasteiger charge is -2.26. The van der Waals surface area contributed by atoms with Gasteiger partial charge in [-0.2, -0.15) is 0 Å². The first-order chi connectivity index (χ1) is 27.0. The molecule has 0 unspecified atom stereocenters. The van der Waals surface area contributed by atoms with Crippen molar-refractivity contribution in [2.24, 2.45) is 0 Å². The Kier molecular flexibility index (Phi) is 9.23. The van der Waals surface area contributed by atoms with Gasteiger partial charge in [-0.05, 0) is 121 Å². The van der Waals surface area contributed by atoms with Crippen LogP contribution in [0.5, 0.6) is 5.75 Å². The normalized spacial score (nSPS) is 12.5. The zero-order valence-corrected chi connectivity index (χ0v) is 35.0. The van der Waals surface area contributed by atoms with Crippen LogP contribution in [0.15, 0.2) is 134 Å². The van der Waals surface area contributed by atoms with Gasteiger partial charge in [-0.25, -0.2) is 4.98 Å². The smallest absolute Gasteiger partial charge is 0.149 e. The highest BCUT2D eigenvalue weighted by Gasteiger charge is 2.25. The van der Waals surface area contributed by atoms with Gasteiger partial charge in [0.2, 0.25) is 0 Å². The van der Waals surface area contributed by atoms with E-state index in [1.165, 1.54) is 33.0 Å². The first kappa shape index (κ1) is 37.9. The lowest BCUT2D eigenvalue weighted by atomic mass is 9.78. The maximum Gasteiger partial charge on any atom is 0.149 e. The average molecular weight is 748 g/mol. The highest BCUT2D eigenvalue weighted by atomic mass is 16.3. The summed E-state index contributed by atoms with van der Waals surface area (Å²) in [4.78, 5) is 10.1. The van der Waals surface area contributed by atoms with Crippen LogP contribution < -0.4 is 0 Å². The minimum absolute atomic E-state index is 0.0125. The Balaban J connectivity index is 1.33. The molecule has 0 aliphatic heterocycles. The highest BCUT2D eigenvalue weighted by molar-refractivity contribution is 6.00. The summed E-state index contributed by atoms with van der Waals surface area (Å²) < 4.78 is 2.19. The van der Waals surface area contributed by atoms with Crippen molar-refractivity contribution < 1.29 is 5.11 Å². The van der Waals surface area contributed by atoms with Crippen molar-refractivity contribution in [2.45, 2.75) is 85.5 Å². The predicted molar refractivity (Wildman–Crippen MR) is 241 cm³/mol. The van der Waals surface area contributed by atoms with Crippen LogP contribution in [-0.4, -0.2) is 19.6 Å². The van der Waals surface area contributed by atoms with Gasteiger partial charge < -0.3 is 5.11 Å². The van der Waals surface area contributed by atoms with Crippen LogP contribution in [0.1, 0.15) is 84.6 Å². The molecular weight excluding hydrogens is 695 g/mol. The van der Waals surface area contributed by atoms with Crippen LogP contribution in [-0.2, 0) is 16.2 Å². The van der Waals surface area contributed by atoms with E-state index in [0.717, 1.165) is 50.2 Å². The van der Waals surface area contributed by atoms with E-state index < -0.39 is 0 Å². The fourth-order valence-corrected chi connectivity index (χ4v) is 8.03. The lowest BCUT2D eigenvalue weighted by molar-refractivity contribution is 0.477. The Morgan fingerprint density at radius 2 is 1.26 bits per heavy atom. The Labute approximate surface area is 337 Å². The minimum atomic E-state index is -0.114. The Bertz CT molecular complexity index is 2800. The minimum Gasteiger partial charge on any atom is -0.507 e. The summed E-state index contributed by atoms with van der Waals surface area (Å²) in [5.41, 5.74) is 14.6. The molecule has 0 saturated carbocycles. The van der Waals surface area contributed by atoms with Gasteiger partial charge in [0.25, 0.3) is 0 Å². The number of phenols is 1. The molecule has 1 N–H and O–H groups in total. The van der Waals surface area contributed by atoms with Crippen molar-refractivity contribution in [1.82, 2.24) is 14.5 Å².